The number of oxazole rings is 1. The van der Waals surface area contributed by atoms with Crippen molar-refractivity contribution < 1.29 is 12.8 Å². The molecule has 3 N–H and O–H groups in total. The molecule has 10 heteroatoms. The normalized spacial score (nSPS) is 12.1. The van der Waals surface area contributed by atoms with Gasteiger partial charge >= 0.3 is 0 Å². The lowest BCUT2D eigenvalue weighted by Gasteiger charge is -2.11. The van der Waals surface area contributed by atoms with Crippen LogP contribution in [0.5, 0.6) is 0 Å². The van der Waals surface area contributed by atoms with Gasteiger partial charge in [0.2, 0.25) is 15.9 Å². The second-order valence-corrected chi connectivity index (χ2v) is 9.40. The smallest absolute Gasteiger partial charge is 0.250 e. The predicted octanol–water partition coefficient (Wildman–Crippen LogP) is 2.75. The zero-order valence-electron chi connectivity index (χ0n) is 16.9. The fourth-order valence-electron chi connectivity index (χ4n) is 2.56. The summed E-state index contributed by atoms with van der Waals surface area (Å²) in [5.74, 6) is 1.13. The highest BCUT2D eigenvalue weighted by atomic mass is 32.2. The molecule has 0 spiro atoms. The van der Waals surface area contributed by atoms with Gasteiger partial charge in [-0.3, -0.25) is 0 Å². The van der Waals surface area contributed by atoms with E-state index in [4.69, 9.17) is 4.42 Å². The number of nitrogens with zero attached hydrogens (tertiary/aromatic N) is 2. The summed E-state index contributed by atoms with van der Waals surface area (Å²) in [6.45, 7) is 5.64. The Kier molecular flexibility index (Phi) is 7.61. The summed E-state index contributed by atoms with van der Waals surface area (Å²) in [6, 6.07) is 11.2. The van der Waals surface area contributed by atoms with Crippen LogP contribution in [0.4, 0.5) is 0 Å². The second kappa shape index (κ2) is 10.4. The van der Waals surface area contributed by atoms with E-state index in [9.17, 15) is 8.42 Å². The van der Waals surface area contributed by atoms with E-state index in [2.05, 4.69) is 25.3 Å². The Morgan fingerprint density at radius 1 is 1.17 bits per heavy atom. The van der Waals surface area contributed by atoms with Crippen LogP contribution in [0.3, 0.4) is 0 Å². The number of aromatic nitrogens is 1. The molecule has 0 fully saturated rings. The van der Waals surface area contributed by atoms with Gasteiger partial charge < -0.3 is 15.1 Å². The molecule has 0 amide bonds. The summed E-state index contributed by atoms with van der Waals surface area (Å²) >= 11 is 1.19. The highest BCUT2D eigenvalue weighted by Gasteiger charge is 2.14. The molecule has 0 aliphatic carbocycles. The number of rotatable bonds is 9. The van der Waals surface area contributed by atoms with Gasteiger partial charge in [-0.1, -0.05) is 23.8 Å². The molecule has 2 aromatic heterocycles. The van der Waals surface area contributed by atoms with Gasteiger partial charge in [-0.05, 0) is 37.4 Å². The van der Waals surface area contributed by atoms with E-state index in [1.54, 1.807) is 23.8 Å². The van der Waals surface area contributed by atoms with E-state index in [0.29, 0.717) is 41.4 Å². The average Bonchev–Trinajstić information content (AvgIpc) is 3.42. The fourth-order valence-corrected chi connectivity index (χ4v) is 4.63. The SMILES string of the molecule is CCNC(=NCc1coc(-c2ccc(C)cc2)n1)NCCNS(=O)(=O)c1cccs1. The second-order valence-electron chi connectivity index (χ2n) is 6.46. The Labute approximate surface area is 180 Å². The highest BCUT2D eigenvalue weighted by molar-refractivity contribution is 7.91. The Balaban J connectivity index is 1.52. The number of guanidine groups is 1. The summed E-state index contributed by atoms with van der Waals surface area (Å²) in [4.78, 5) is 8.97. The molecule has 0 atom stereocenters. The van der Waals surface area contributed by atoms with Crippen molar-refractivity contribution in [2.45, 2.75) is 24.6 Å². The lowest BCUT2D eigenvalue weighted by atomic mass is 10.1. The summed E-state index contributed by atoms with van der Waals surface area (Å²) in [5, 5.41) is 7.97. The third-order valence-corrected chi connectivity index (χ3v) is 6.92. The van der Waals surface area contributed by atoms with Crippen LogP contribution in [0.25, 0.3) is 11.5 Å². The van der Waals surface area contributed by atoms with Crippen LogP contribution in [0.2, 0.25) is 0 Å². The summed E-state index contributed by atoms with van der Waals surface area (Å²) < 4.78 is 32.7. The average molecular weight is 448 g/mol. The Morgan fingerprint density at radius 2 is 1.97 bits per heavy atom. The zero-order valence-corrected chi connectivity index (χ0v) is 18.5. The topological polar surface area (TPSA) is 109 Å². The first kappa shape index (κ1) is 22.0. The number of sulfonamides is 1. The molecular weight excluding hydrogens is 422 g/mol. The lowest BCUT2D eigenvalue weighted by molar-refractivity contribution is 0.572. The van der Waals surface area contributed by atoms with Gasteiger partial charge in [0.15, 0.2) is 5.96 Å². The molecule has 3 aromatic rings. The van der Waals surface area contributed by atoms with E-state index in [-0.39, 0.29) is 6.54 Å². The van der Waals surface area contributed by atoms with Crippen LogP contribution in [0.1, 0.15) is 18.2 Å². The van der Waals surface area contributed by atoms with Crippen molar-refractivity contribution in [2.24, 2.45) is 4.99 Å². The first-order chi connectivity index (χ1) is 14.5. The first-order valence-electron chi connectivity index (χ1n) is 9.54. The van der Waals surface area contributed by atoms with E-state index in [0.717, 1.165) is 5.56 Å². The van der Waals surface area contributed by atoms with Crippen LogP contribution >= 0.6 is 11.3 Å². The number of aryl methyl sites for hydroxylation is 1. The number of hydrogen-bond donors (Lipinski definition) is 3. The standard InChI is InChI=1S/C20H25N5O3S2/c1-3-21-20(22-10-11-24-30(26,27)18-5-4-12-29-18)23-13-17-14-28-19(25-17)16-8-6-15(2)7-9-16/h4-9,12,14,24H,3,10-11,13H2,1-2H3,(H2,21,22,23). The Bertz CT molecular complexity index is 1060. The fraction of sp³-hybridized carbons (Fsp3) is 0.300. The van der Waals surface area contributed by atoms with Crippen molar-refractivity contribution >= 4 is 27.3 Å². The zero-order chi connectivity index (χ0) is 21.4. The van der Waals surface area contributed by atoms with Gasteiger partial charge in [-0.2, -0.15) is 0 Å². The molecule has 160 valence electrons. The molecule has 0 saturated carbocycles. The molecule has 0 bridgehead atoms. The molecule has 0 unspecified atom stereocenters. The summed E-state index contributed by atoms with van der Waals surface area (Å²) in [7, 11) is -3.46. The van der Waals surface area contributed by atoms with Gasteiger partial charge in [0.1, 0.15) is 16.2 Å². The van der Waals surface area contributed by atoms with Gasteiger partial charge in [0, 0.05) is 25.2 Å². The molecule has 0 saturated heterocycles. The van der Waals surface area contributed by atoms with Crippen LogP contribution in [0.15, 0.2) is 61.7 Å². The summed E-state index contributed by atoms with van der Waals surface area (Å²) in [6.07, 6.45) is 1.59. The van der Waals surface area contributed by atoms with Crippen molar-refractivity contribution in [3.05, 3.63) is 59.3 Å². The minimum Gasteiger partial charge on any atom is -0.444 e. The van der Waals surface area contributed by atoms with Crippen LogP contribution in [-0.4, -0.2) is 39.0 Å². The highest BCUT2D eigenvalue weighted by Crippen LogP contribution is 2.19. The van der Waals surface area contributed by atoms with E-state index in [1.165, 1.54) is 16.9 Å². The van der Waals surface area contributed by atoms with Crippen molar-refractivity contribution in [3.8, 4) is 11.5 Å². The van der Waals surface area contributed by atoms with Crippen molar-refractivity contribution in [3.63, 3.8) is 0 Å². The van der Waals surface area contributed by atoms with E-state index >= 15 is 0 Å². The summed E-state index contributed by atoms with van der Waals surface area (Å²) in [5.41, 5.74) is 2.80. The molecular formula is C20H25N5O3S2. The molecule has 8 nitrogen and oxygen atoms in total. The van der Waals surface area contributed by atoms with Crippen LogP contribution in [0, 0.1) is 6.92 Å². The lowest BCUT2D eigenvalue weighted by Crippen LogP contribution is -2.41. The number of aliphatic imine (C=N–C) groups is 1. The van der Waals surface area contributed by atoms with Gasteiger partial charge in [-0.15, -0.1) is 11.3 Å². The monoisotopic (exact) mass is 447 g/mol. The Hall–Kier alpha value is -2.69. The van der Waals surface area contributed by atoms with E-state index < -0.39 is 10.0 Å². The number of nitrogens with one attached hydrogen (secondary N) is 3. The minimum atomic E-state index is -3.46. The first-order valence-corrected chi connectivity index (χ1v) is 11.9. The minimum absolute atomic E-state index is 0.242. The molecule has 0 aliphatic rings. The third-order valence-electron chi connectivity index (χ3n) is 4.06. The van der Waals surface area contributed by atoms with E-state index in [1.807, 2.05) is 38.1 Å². The van der Waals surface area contributed by atoms with Gasteiger partial charge in [0.05, 0.1) is 6.54 Å². The third kappa shape index (κ3) is 6.15. The van der Waals surface area contributed by atoms with Crippen molar-refractivity contribution in [1.82, 2.24) is 20.3 Å². The molecule has 3 rings (SSSR count). The molecule has 0 aliphatic heterocycles. The molecule has 30 heavy (non-hydrogen) atoms. The quantitative estimate of drug-likeness (QED) is 0.264. The number of hydrogen-bond acceptors (Lipinski definition) is 6. The molecule has 1 aromatic carbocycles. The maximum absolute atomic E-state index is 12.1. The van der Waals surface area contributed by atoms with Gasteiger partial charge in [-0.25, -0.2) is 23.1 Å². The van der Waals surface area contributed by atoms with Crippen LogP contribution in [-0.2, 0) is 16.6 Å². The predicted molar refractivity (Wildman–Crippen MR) is 119 cm³/mol. The van der Waals surface area contributed by atoms with Gasteiger partial charge in [0.25, 0.3) is 0 Å². The van der Waals surface area contributed by atoms with Crippen LogP contribution < -0.4 is 15.4 Å². The molecule has 0 radical (unpaired) electrons. The maximum atomic E-state index is 12.1. The largest absolute Gasteiger partial charge is 0.444 e. The van der Waals surface area contributed by atoms with Crippen molar-refractivity contribution in [2.75, 3.05) is 19.6 Å². The maximum Gasteiger partial charge on any atom is 0.250 e. The van der Waals surface area contributed by atoms with Crippen molar-refractivity contribution in [1.29, 1.82) is 0 Å². The number of thiophene rings is 1. The number of benzene rings is 1. The Morgan fingerprint density at radius 3 is 2.67 bits per heavy atom. The molecule has 2 heterocycles.